The molecule has 0 fully saturated rings. The highest BCUT2D eigenvalue weighted by atomic mass is 16.5. The third-order valence-corrected chi connectivity index (χ3v) is 6.07. The highest BCUT2D eigenvalue weighted by Crippen LogP contribution is 2.31. The van der Waals surface area contributed by atoms with Gasteiger partial charge in [0.2, 0.25) is 5.91 Å². The molecule has 0 bridgehead atoms. The molecule has 0 spiro atoms. The van der Waals surface area contributed by atoms with Gasteiger partial charge in [-0.2, -0.15) is 0 Å². The van der Waals surface area contributed by atoms with Gasteiger partial charge in [-0.3, -0.25) is 9.59 Å². The predicted octanol–water partition coefficient (Wildman–Crippen LogP) is 3.92. The molecule has 1 aromatic heterocycles. The van der Waals surface area contributed by atoms with Crippen LogP contribution in [-0.2, 0) is 4.79 Å². The summed E-state index contributed by atoms with van der Waals surface area (Å²) in [6, 6.07) is 23.2. The second-order valence-corrected chi connectivity index (χ2v) is 8.54. The number of H-pyrrole nitrogens is 1. The molecule has 7 nitrogen and oxygen atoms in total. The number of anilines is 1. The molecular weight excluding hydrogens is 440 g/mol. The lowest BCUT2D eigenvalue weighted by Crippen LogP contribution is -2.38. The summed E-state index contributed by atoms with van der Waals surface area (Å²) in [4.78, 5) is 30.4. The van der Waals surface area contributed by atoms with Crippen LogP contribution in [0.2, 0.25) is 0 Å². The molecule has 0 aliphatic carbocycles. The van der Waals surface area contributed by atoms with Gasteiger partial charge in [-0.1, -0.05) is 30.3 Å². The molecular formula is C28H30N4O3. The number of benzene rings is 3. The number of aromatic nitrogens is 1. The highest BCUT2D eigenvalue weighted by molar-refractivity contribution is 5.96. The van der Waals surface area contributed by atoms with Crippen LogP contribution in [0.25, 0.3) is 10.9 Å². The molecule has 0 saturated heterocycles. The molecule has 0 aliphatic heterocycles. The zero-order chi connectivity index (χ0) is 24.8. The molecule has 3 aromatic carbocycles. The first-order valence-corrected chi connectivity index (χ1v) is 11.5. The van der Waals surface area contributed by atoms with E-state index in [1.165, 1.54) is 0 Å². The Bertz CT molecular complexity index is 1290. The first-order chi connectivity index (χ1) is 17.0. The van der Waals surface area contributed by atoms with Crippen molar-refractivity contribution in [2.75, 3.05) is 39.2 Å². The van der Waals surface area contributed by atoms with Crippen LogP contribution in [0.1, 0.15) is 27.4 Å². The summed E-state index contributed by atoms with van der Waals surface area (Å²) in [5.74, 6) is 0.0571. The predicted molar refractivity (Wildman–Crippen MR) is 139 cm³/mol. The molecule has 0 aliphatic rings. The van der Waals surface area contributed by atoms with Gasteiger partial charge < -0.3 is 25.3 Å². The highest BCUT2D eigenvalue weighted by Gasteiger charge is 2.19. The Balaban J connectivity index is 1.46. The number of carbonyl (C=O) groups is 2. The van der Waals surface area contributed by atoms with Crippen LogP contribution >= 0.6 is 0 Å². The second-order valence-electron chi connectivity index (χ2n) is 8.54. The molecule has 0 radical (unpaired) electrons. The quantitative estimate of drug-likeness (QED) is 0.346. The number of hydrogen-bond acceptors (Lipinski definition) is 4. The lowest BCUT2D eigenvalue weighted by atomic mass is 9.90. The second kappa shape index (κ2) is 10.8. The smallest absolute Gasteiger partial charge is 0.251 e. The fraction of sp³-hybridized carbons (Fsp3) is 0.214. The molecule has 180 valence electrons. The van der Waals surface area contributed by atoms with Crippen LogP contribution in [0, 0.1) is 0 Å². The number of rotatable bonds is 9. The van der Waals surface area contributed by atoms with Crippen molar-refractivity contribution in [1.29, 1.82) is 0 Å². The molecule has 3 N–H and O–H groups in total. The Labute approximate surface area is 205 Å². The Morgan fingerprint density at radius 1 is 0.943 bits per heavy atom. The van der Waals surface area contributed by atoms with Gasteiger partial charge in [-0.05, 0) is 53.6 Å². The average molecular weight is 471 g/mol. The molecule has 1 heterocycles. The van der Waals surface area contributed by atoms with Gasteiger partial charge in [0.25, 0.3) is 5.91 Å². The Kier molecular flexibility index (Phi) is 7.35. The fourth-order valence-electron chi connectivity index (χ4n) is 4.08. The third-order valence-electron chi connectivity index (χ3n) is 6.07. The van der Waals surface area contributed by atoms with Gasteiger partial charge in [0, 0.05) is 54.9 Å². The Morgan fingerprint density at radius 3 is 2.34 bits per heavy atom. The van der Waals surface area contributed by atoms with E-state index in [4.69, 9.17) is 4.74 Å². The largest absolute Gasteiger partial charge is 0.497 e. The molecule has 4 rings (SSSR count). The summed E-state index contributed by atoms with van der Waals surface area (Å²) in [7, 11) is 5.58. The molecule has 35 heavy (non-hydrogen) atoms. The number of amides is 2. The number of carbonyl (C=O) groups excluding carboxylic acids is 2. The molecule has 7 heteroatoms. The van der Waals surface area contributed by atoms with Crippen molar-refractivity contribution in [1.82, 2.24) is 15.6 Å². The van der Waals surface area contributed by atoms with E-state index in [1.807, 2.05) is 38.5 Å². The van der Waals surface area contributed by atoms with E-state index in [-0.39, 0.29) is 24.3 Å². The minimum atomic E-state index is -0.310. The minimum absolute atomic E-state index is 0.0522. The fourth-order valence-corrected chi connectivity index (χ4v) is 4.08. The standard InChI is InChI=1S/C28H30N4O3/c1-32(2)21-12-8-19(9-13-21)24(25-17-29-26-7-5-4-6-23(25)26)16-30-27(33)18-31-28(34)20-10-14-22(35-3)15-11-20/h4-15,17,24,29H,16,18H2,1-3H3,(H,30,33)(H,31,34). The molecule has 0 saturated carbocycles. The number of aromatic amines is 1. The molecule has 1 unspecified atom stereocenters. The topological polar surface area (TPSA) is 86.5 Å². The summed E-state index contributed by atoms with van der Waals surface area (Å²) < 4.78 is 5.11. The number of para-hydroxylation sites is 1. The lowest BCUT2D eigenvalue weighted by molar-refractivity contribution is -0.120. The SMILES string of the molecule is COc1ccc(C(=O)NCC(=O)NCC(c2ccc(N(C)C)cc2)c2c[nH]c3ccccc23)cc1. The van der Waals surface area contributed by atoms with Crippen molar-refractivity contribution in [2.45, 2.75) is 5.92 Å². The summed E-state index contributed by atoms with van der Waals surface area (Å²) in [5, 5.41) is 6.80. The van der Waals surface area contributed by atoms with Crippen LogP contribution in [0.4, 0.5) is 5.69 Å². The van der Waals surface area contributed by atoms with Crippen LogP contribution in [0.5, 0.6) is 5.75 Å². The van der Waals surface area contributed by atoms with E-state index in [1.54, 1.807) is 31.4 Å². The normalized spacial score (nSPS) is 11.6. The number of hydrogen-bond donors (Lipinski definition) is 3. The van der Waals surface area contributed by atoms with Gasteiger partial charge in [0.05, 0.1) is 13.7 Å². The van der Waals surface area contributed by atoms with Gasteiger partial charge in [-0.15, -0.1) is 0 Å². The van der Waals surface area contributed by atoms with Crippen LogP contribution in [0.3, 0.4) is 0 Å². The van der Waals surface area contributed by atoms with Crippen molar-refractivity contribution in [3.05, 3.63) is 95.7 Å². The number of nitrogens with zero attached hydrogens (tertiary/aromatic N) is 1. The van der Waals surface area contributed by atoms with Gasteiger partial charge >= 0.3 is 0 Å². The number of fused-ring (bicyclic) bond motifs is 1. The number of ether oxygens (including phenoxy) is 1. The molecule has 4 aromatic rings. The lowest BCUT2D eigenvalue weighted by Gasteiger charge is -2.20. The van der Waals surface area contributed by atoms with Crippen LogP contribution in [0.15, 0.2) is 79.0 Å². The van der Waals surface area contributed by atoms with E-state index in [2.05, 4.69) is 50.8 Å². The van der Waals surface area contributed by atoms with E-state index in [0.717, 1.165) is 27.7 Å². The minimum Gasteiger partial charge on any atom is -0.497 e. The average Bonchev–Trinajstić information content (AvgIpc) is 3.31. The van der Waals surface area contributed by atoms with Gasteiger partial charge in [-0.25, -0.2) is 0 Å². The summed E-state index contributed by atoms with van der Waals surface area (Å²) in [6.45, 7) is 0.297. The number of methoxy groups -OCH3 is 1. The Hall–Kier alpha value is -4.26. The van der Waals surface area contributed by atoms with E-state index in [9.17, 15) is 9.59 Å². The summed E-state index contributed by atoms with van der Waals surface area (Å²) in [6.07, 6.45) is 2.01. The van der Waals surface area contributed by atoms with Crippen molar-refractivity contribution in [2.24, 2.45) is 0 Å². The van der Waals surface area contributed by atoms with Crippen molar-refractivity contribution >= 4 is 28.4 Å². The van der Waals surface area contributed by atoms with Gasteiger partial charge in [0.1, 0.15) is 5.75 Å². The van der Waals surface area contributed by atoms with E-state index in [0.29, 0.717) is 17.9 Å². The van der Waals surface area contributed by atoms with Gasteiger partial charge in [0.15, 0.2) is 0 Å². The zero-order valence-corrected chi connectivity index (χ0v) is 20.2. The summed E-state index contributed by atoms with van der Waals surface area (Å²) in [5.41, 5.74) is 4.84. The first-order valence-electron chi connectivity index (χ1n) is 11.5. The van der Waals surface area contributed by atoms with Crippen molar-refractivity contribution in [3.63, 3.8) is 0 Å². The maximum atomic E-state index is 12.6. The van der Waals surface area contributed by atoms with E-state index >= 15 is 0 Å². The Morgan fingerprint density at radius 2 is 1.66 bits per heavy atom. The third kappa shape index (κ3) is 5.63. The first kappa shape index (κ1) is 23.9. The number of nitrogens with one attached hydrogen (secondary N) is 3. The molecule has 2 amide bonds. The maximum Gasteiger partial charge on any atom is 0.251 e. The zero-order valence-electron chi connectivity index (χ0n) is 20.2. The summed E-state index contributed by atoms with van der Waals surface area (Å²) >= 11 is 0. The van der Waals surface area contributed by atoms with Crippen LogP contribution < -0.4 is 20.3 Å². The van der Waals surface area contributed by atoms with Crippen molar-refractivity contribution < 1.29 is 14.3 Å². The monoisotopic (exact) mass is 470 g/mol. The molecule has 1 atom stereocenters. The van der Waals surface area contributed by atoms with Crippen molar-refractivity contribution in [3.8, 4) is 5.75 Å². The van der Waals surface area contributed by atoms with Crippen LogP contribution in [-0.4, -0.2) is 51.1 Å². The maximum absolute atomic E-state index is 12.6. The van der Waals surface area contributed by atoms with E-state index < -0.39 is 0 Å².